The predicted octanol–water partition coefficient (Wildman–Crippen LogP) is 1.26. The van der Waals surface area contributed by atoms with Gasteiger partial charge in [0.2, 0.25) is 0 Å². The van der Waals surface area contributed by atoms with Gasteiger partial charge < -0.3 is 24.8 Å². The number of hydrogen-bond donors (Lipinski definition) is 3. The van der Waals surface area contributed by atoms with Crippen LogP contribution >= 0.6 is 0 Å². The average Bonchev–Trinajstić information content (AvgIpc) is 2.85. The largest absolute Gasteiger partial charge is 0.394 e. The van der Waals surface area contributed by atoms with Crippen LogP contribution in [0.2, 0.25) is 0 Å². The van der Waals surface area contributed by atoms with Crippen molar-refractivity contribution in [3.8, 4) is 0 Å². The molecule has 0 aromatic heterocycles. The van der Waals surface area contributed by atoms with Crippen molar-refractivity contribution in [3.63, 3.8) is 0 Å². The first-order valence-electron chi connectivity index (χ1n) is 7.99. The lowest BCUT2D eigenvalue weighted by atomic mass is 9.88. The molecule has 1 saturated heterocycles. The van der Waals surface area contributed by atoms with Gasteiger partial charge in [0.25, 0.3) is 0 Å². The molecule has 2 aromatic carbocycles. The molecule has 128 valence electrons. The molecule has 0 bridgehead atoms. The third kappa shape index (κ3) is 3.50. The number of benzene rings is 2. The van der Waals surface area contributed by atoms with Crippen molar-refractivity contribution in [1.29, 1.82) is 0 Å². The molecule has 0 saturated carbocycles. The van der Waals surface area contributed by atoms with E-state index >= 15 is 0 Å². The first-order valence-corrected chi connectivity index (χ1v) is 7.99. The summed E-state index contributed by atoms with van der Waals surface area (Å²) in [5.41, 5.74) is 0.170. The lowest BCUT2D eigenvalue weighted by Gasteiger charge is -2.31. The number of rotatable bonds is 6. The van der Waals surface area contributed by atoms with E-state index in [1.807, 2.05) is 60.7 Å². The van der Waals surface area contributed by atoms with Gasteiger partial charge in [0.1, 0.15) is 17.8 Å². The number of aliphatic hydroxyl groups is 3. The van der Waals surface area contributed by atoms with Crippen molar-refractivity contribution in [2.24, 2.45) is 0 Å². The Morgan fingerprint density at radius 3 is 2.12 bits per heavy atom. The third-order valence-electron chi connectivity index (χ3n) is 4.33. The van der Waals surface area contributed by atoms with Crippen LogP contribution in [0, 0.1) is 0 Å². The van der Waals surface area contributed by atoms with Crippen molar-refractivity contribution in [3.05, 3.63) is 71.8 Å². The Labute approximate surface area is 141 Å². The van der Waals surface area contributed by atoms with Gasteiger partial charge in [-0.2, -0.15) is 0 Å². The smallest absolute Gasteiger partial charge is 0.190 e. The summed E-state index contributed by atoms with van der Waals surface area (Å²) < 4.78 is 11.3. The van der Waals surface area contributed by atoms with Crippen LogP contribution in [0.25, 0.3) is 0 Å². The summed E-state index contributed by atoms with van der Waals surface area (Å²) in [4.78, 5) is 0. The molecule has 0 radical (unpaired) electrons. The van der Waals surface area contributed by atoms with Crippen LogP contribution in [-0.2, 0) is 22.5 Å². The molecule has 1 aliphatic heterocycles. The Kier molecular flexibility index (Phi) is 5.28. The molecular weight excluding hydrogens is 308 g/mol. The molecule has 0 aliphatic carbocycles. The van der Waals surface area contributed by atoms with Crippen LogP contribution in [0.1, 0.15) is 11.1 Å². The fourth-order valence-corrected chi connectivity index (χ4v) is 3.00. The Morgan fingerprint density at radius 2 is 1.54 bits per heavy atom. The highest BCUT2D eigenvalue weighted by Crippen LogP contribution is 2.35. The maximum Gasteiger partial charge on any atom is 0.190 e. The molecule has 3 N–H and O–H groups in total. The second-order valence-electron chi connectivity index (χ2n) is 6.08. The molecule has 1 fully saturated rings. The molecule has 24 heavy (non-hydrogen) atoms. The predicted molar refractivity (Wildman–Crippen MR) is 88.1 cm³/mol. The highest BCUT2D eigenvalue weighted by molar-refractivity contribution is 5.20. The summed E-state index contributed by atoms with van der Waals surface area (Å²) in [5, 5.41) is 30.8. The topological polar surface area (TPSA) is 79.2 Å². The molecule has 5 nitrogen and oxygen atoms in total. The van der Waals surface area contributed by atoms with Crippen LogP contribution in [0.3, 0.4) is 0 Å². The zero-order valence-electron chi connectivity index (χ0n) is 13.3. The summed E-state index contributed by atoms with van der Waals surface area (Å²) in [7, 11) is 0. The Bertz CT molecular complexity index is 633. The number of aliphatic hydroxyl groups excluding tert-OH is 2. The van der Waals surface area contributed by atoms with E-state index in [9.17, 15) is 15.3 Å². The number of ether oxygens (including phenoxy) is 2. The van der Waals surface area contributed by atoms with E-state index in [2.05, 4.69) is 0 Å². The van der Waals surface area contributed by atoms with Gasteiger partial charge in [-0.3, -0.25) is 0 Å². The molecule has 1 aliphatic rings. The van der Waals surface area contributed by atoms with Crippen LogP contribution in [0.15, 0.2) is 60.7 Å². The Hall–Kier alpha value is -1.76. The van der Waals surface area contributed by atoms with Crippen LogP contribution in [0.5, 0.6) is 0 Å². The van der Waals surface area contributed by atoms with E-state index in [1.165, 1.54) is 0 Å². The summed E-state index contributed by atoms with van der Waals surface area (Å²) in [6.45, 7) is -0.142. The quantitative estimate of drug-likeness (QED) is 0.743. The summed E-state index contributed by atoms with van der Waals surface area (Å²) >= 11 is 0. The second-order valence-corrected chi connectivity index (χ2v) is 6.08. The average molecular weight is 330 g/mol. The summed E-state index contributed by atoms with van der Waals surface area (Å²) in [6.07, 6.45) is -2.96. The highest BCUT2D eigenvalue weighted by Gasteiger charge is 2.55. The zero-order chi connectivity index (χ0) is 17.0. The van der Waals surface area contributed by atoms with Crippen molar-refractivity contribution in [1.82, 2.24) is 0 Å². The van der Waals surface area contributed by atoms with Gasteiger partial charge in [0.15, 0.2) is 6.29 Å². The molecule has 5 heteroatoms. The van der Waals surface area contributed by atoms with E-state index in [0.29, 0.717) is 0 Å². The molecule has 1 heterocycles. The zero-order valence-corrected chi connectivity index (χ0v) is 13.3. The minimum absolute atomic E-state index is 0.172. The monoisotopic (exact) mass is 330 g/mol. The van der Waals surface area contributed by atoms with Gasteiger partial charge in [-0.1, -0.05) is 60.7 Å². The van der Waals surface area contributed by atoms with Crippen molar-refractivity contribution in [2.75, 3.05) is 6.61 Å². The Balaban J connectivity index is 1.76. The lowest BCUT2D eigenvalue weighted by Crippen LogP contribution is -2.51. The highest BCUT2D eigenvalue weighted by atomic mass is 16.7. The maximum absolute atomic E-state index is 11.0. The fourth-order valence-electron chi connectivity index (χ4n) is 3.00. The van der Waals surface area contributed by atoms with Gasteiger partial charge >= 0.3 is 0 Å². The third-order valence-corrected chi connectivity index (χ3v) is 4.33. The standard InChI is InChI=1S/C19H22O5/c20-12-16-17(21)19(22,11-14-7-3-1-4-8-14)18(24-16)23-13-15-9-5-2-6-10-15/h1-10,16-18,20-22H,11-13H2/t16-,17-,18+,19+/m1/s1. The van der Waals surface area contributed by atoms with E-state index in [1.54, 1.807) is 0 Å². The van der Waals surface area contributed by atoms with E-state index < -0.39 is 24.1 Å². The second kappa shape index (κ2) is 7.42. The normalized spacial score (nSPS) is 29.7. The fraction of sp³-hybridized carbons (Fsp3) is 0.368. The van der Waals surface area contributed by atoms with Gasteiger partial charge in [-0.15, -0.1) is 0 Å². The minimum atomic E-state index is -1.62. The van der Waals surface area contributed by atoms with Gasteiger partial charge in [-0.25, -0.2) is 0 Å². The molecule has 4 atom stereocenters. The van der Waals surface area contributed by atoms with Crippen LogP contribution in [0.4, 0.5) is 0 Å². The van der Waals surface area contributed by atoms with Crippen molar-refractivity contribution in [2.45, 2.75) is 37.1 Å². The molecule has 3 rings (SSSR count). The van der Waals surface area contributed by atoms with Crippen molar-refractivity contribution >= 4 is 0 Å². The molecule has 2 aromatic rings. The molecule has 0 amide bonds. The molecule has 0 unspecified atom stereocenters. The molecular formula is C19H22O5. The summed E-state index contributed by atoms with van der Waals surface area (Å²) in [5.74, 6) is 0. The SMILES string of the molecule is OC[C@H]1O[C@H](OCc2ccccc2)[C@](O)(Cc2ccccc2)[C@@H]1O. The van der Waals surface area contributed by atoms with Gasteiger partial charge in [-0.05, 0) is 11.1 Å². The number of hydrogen-bond acceptors (Lipinski definition) is 5. The van der Waals surface area contributed by atoms with Gasteiger partial charge in [0.05, 0.1) is 13.2 Å². The van der Waals surface area contributed by atoms with E-state index in [0.717, 1.165) is 11.1 Å². The first-order chi connectivity index (χ1) is 11.6. The molecule has 0 spiro atoms. The minimum Gasteiger partial charge on any atom is -0.394 e. The first kappa shape index (κ1) is 17.1. The van der Waals surface area contributed by atoms with Crippen LogP contribution < -0.4 is 0 Å². The van der Waals surface area contributed by atoms with E-state index in [4.69, 9.17) is 9.47 Å². The maximum atomic E-state index is 11.0. The van der Waals surface area contributed by atoms with E-state index in [-0.39, 0.29) is 19.6 Å². The van der Waals surface area contributed by atoms with Gasteiger partial charge in [0, 0.05) is 6.42 Å². The van der Waals surface area contributed by atoms with Crippen LogP contribution in [-0.4, -0.2) is 46.0 Å². The van der Waals surface area contributed by atoms with Crippen molar-refractivity contribution < 1.29 is 24.8 Å². The Morgan fingerprint density at radius 1 is 0.958 bits per heavy atom. The summed E-state index contributed by atoms with van der Waals surface area (Å²) in [6, 6.07) is 18.9. The lowest BCUT2D eigenvalue weighted by molar-refractivity contribution is -0.212.